The van der Waals surface area contributed by atoms with Crippen molar-refractivity contribution in [3.8, 4) is 0 Å². The lowest BCUT2D eigenvalue weighted by atomic mass is 9.80. The molecule has 32 heavy (non-hydrogen) atoms. The number of carbonyl (C=O) groups excluding carboxylic acids is 1. The van der Waals surface area contributed by atoms with Crippen LogP contribution in [0.25, 0.3) is 0 Å². The molecule has 2 rings (SSSR count). The fourth-order valence-corrected chi connectivity index (χ4v) is 4.31. The summed E-state index contributed by atoms with van der Waals surface area (Å²) in [6.45, 7) is 15.6. The molecule has 1 N–H and O–H groups in total. The van der Waals surface area contributed by atoms with Gasteiger partial charge in [0, 0.05) is 31.0 Å². The molecule has 0 saturated heterocycles. The average Bonchev–Trinajstić information content (AvgIpc) is 3.08. The number of hydrogen-bond donors (Lipinski definition) is 1. The third-order valence-corrected chi connectivity index (χ3v) is 5.53. The van der Waals surface area contributed by atoms with E-state index in [-0.39, 0.29) is 10.9 Å². The number of carbonyl (C=O) groups is 1. The molecular weight excluding hydrogens is 437 g/mol. The van der Waals surface area contributed by atoms with Crippen LogP contribution in [0.3, 0.4) is 0 Å². The maximum absolute atomic E-state index is 13.0. The van der Waals surface area contributed by atoms with Gasteiger partial charge in [-0.2, -0.15) is 22.5 Å². The highest BCUT2D eigenvalue weighted by molar-refractivity contribution is 7.09. The predicted octanol–water partition coefficient (Wildman–Crippen LogP) is 6.68. The van der Waals surface area contributed by atoms with Crippen molar-refractivity contribution < 1.29 is 18.0 Å². The van der Waals surface area contributed by atoms with E-state index in [1.807, 2.05) is 32.0 Å². The number of nitrogens with zero attached hydrogens (tertiary/aromatic N) is 3. The second-order valence-electron chi connectivity index (χ2n) is 9.73. The number of benzene rings is 1. The van der Waals surface area contributed by atoms with Gasteiger partial charge in [0.1, 0.15) is 5.78 Å². The Hall–Kier alpha value is -2.16. The second-order valence-corrected chi connectivity index (χ2v) is 10.5. The Morgan fingerprint density at radius 1 is 1.12 bits per heavy atom. The highest BCUT2D eigenvalue weighted by atomic mass is 32.1. The van der Waals surface area contributed by atoms with Crippen molar-refractivity contribution in [1.82, 2.24) is 9.36 Å². The van der Waals surface area contributed by atoms with Crippen molar-refractivity contribution in [2.24, 2.45) is 11.8 Å². The molecule has 9 heteroatoms. The lowest BCUT2D eigenvalue weighted by Gasteiger charge is -2.32. The van der Waals surface area contributed by atoms with Crippen LogP contribution in [0.2, 0.25) is 0 Å². The van der Waals surface area contributed by atoms with Gasteiger partial charge in [0.2, 0.25) is 11.0 Å². The van der Waals surface area contributed by atoms with Crippen LogP contribution in [0.5, 0.6) is 0 Å². The summed E-state index contributed by atoms with van der Waals surface area (Å²) in [5.41, 5.74) is 2.05. The van der Waals surface area contributed by atoms with E-state index >= 15 is 0 Å². The molecular formula is C23H33F3N4OS. The van der Waals surface area contributed by atoms with Gasteiger partial charge in [0.25, 0.3) is 0 Å². The zero-order valence-corrected chi connectivity index (χ0v) is 20.6. The fraction of sp³-hybridized carbons (Fsp3) is 0.609. The number of hydrogen-bond acceptors (Lipinski definition) is 6. The van der Waals surface area contributed by atoms with Gasteiger partial charge in [-0.25, -0.2) is 0 Å². The monoisotopic (exact) mass is 470 g/mol. The molecule has 0 aliphatic rings. The Morgan fingerprint density at radius 2 is 1.72 bits per heavy atom. The van der Waals surface area contributed by atoms with Gasteiger partial charge in [-0.3, -0.25) is 4.79 Å². The molecule has 2 aromatic rings. The summed E-state index contributed by atoms with van der Waals surface area (Å²) in [4.78, 5) is 17.7. The quantitative estimate of drug-likeness (QED) is 0.420. The van der Waals surface area contributed by atoms with E-state index in [2.05, 4.69) is 47.3 Å². The van der Waals surface area contributed by atoms with Crippen molar-refractivity contribution in [3.05, 3.63) is 29.6 Å². The smallest absolute Gasteiger partial charge is 0.369 e. The molecule has 0 bridgehead atoms. The molecule has 0 fully saturated rings. The van der Waals surface area contributed by atoms with Crippen LogP contribution in [0.15, 0.2) is 18.2 Å². The highest BCUT2D eigenvalue weighted by Gasteiger charge is 2.36. The van der Waals surface area contributed by atoms with Gasteiger partial charge in [-0.15, -0.1) is 0 Å². The Balaban J connectivity index is 2.54. The lowest BCUT2D eigenvalue weighted by molar-refractivity contribution is -0.144. The Bertz CT molecular complexity index is 912. The molecule has 0 aliphatic carbocycles. The van der Waals surface area contributed by atoms with Gasteiger partial charge in [-0.05, 0) is 41.9 Å². The zero-order chi connectivity index (χ0) is 24.3. The molecule has 0 aliphatic heterocycles. The molecule has 0 spiro atoms. The predicted molar refractivity (Wildman–Crippen MR) is 125 cm³/mol. The fourth-order valence-electron chi connectivity index (χ4n) is 3.71. The molecule has 1 aromatic carbocycles. The summed E-state index contributed by atoms with van der Waals surface area (Å²) in [5.74, 6) is -0.280. The van der Waals surface area contributed by atoms with Gasteiger partial charge in [-0.1, -0.05) is 47.6 Å². The SMILES string of the molecule is CC(=O)CC(C)(C)c1ccc(N(CC(C)C)CC(C)C)c(Nc2nc(C(F)(F)F)ns2)c1. The number of ketones is 1. The van der Waals surface area contributed by atoms with E-state index in [0.717, 1.165) is 24.3 Å². The van der Waals surface area contributed by atoms with E-state index in [9.17, 15) is 18.0 Å². The second kappa shape index (κ2) is 10.2. The van der Waals surface area contributed by atoms with Crippen molar-refractivity contribution in [2.45, 2.75) is 66.5 Å². The Kier molecular flexibility index (Phi) is 8.31. The van der Waals surface area contributed by atoms with Crippen LogP contribution in [0.1, 0.15) is 66.3 Å². The first kappa shape index (κ1) is 26.1. The van der Waals surface area contributed by atoms with E-state index in [1.54, 1.807) is 6.92 Å². The van der Waals surface area contributed by atoms with E-state index in [0.29, 0.717) is 35.5 Å². The van der Waals surface area contributed by atoms with Gasteiger partial charge >= 0.3 is 6.18 Å². The minimum absolute atomic E-state index is 0.0776. The number of nitrogens with one attached hydrogen (secondary N) is 1. The van der Waals surface area contributed by atoms with Crippen molar-refractivity contribution in [2.75, 3.05) is 23.3 Å². The number of anilines is 3. The number of halogens is 3. The maximum atomic E-state index is 13.0. The van der Waals surface area contributed by atoms with Crippen LogP contribution in [-0.4, -0.2) is 28.2 Å². The van der Waals surface area contributed by atoms with Crippen molar-refractivity contribution in [1.29, 1.82) is 0 Å². The molecule has 178 valence electrons. The molecule has 0 saturated carbocycles. The summed E-state index contributed by atoms with van der Waals surface area (Å²) in [6.07, 6.45) is -4.23. The van der Waals surface area contributed by atoms with Crippen LogP contribution in [0, 0.1) is 11.8 Å². The number of Topliss-reactive ketones (excluding diaryl/α,β-unsaturated/α-hetero) is 1. The average molecular weight is 471 g/mol. The van der Waals surface area contributed by atoms with Gasteiger partial charge in [0.05, 0.1) is 11.4 Å². The van der Waals surface area contributed by atoms with Crippen LogP contribution >= 0.6 is 11.5 Å². The Morgan fingerprint density at radius 3 is 2.19 bits per heavy atom. The molecule has 1 aromatic heterocycles. The number of alkyl halides is 3. The summed E-state index contributed by atoms with van der Waals surface area (Å²) >= 11 is 0.679. The summed E-state index contributed by atoms with van der Waals surface area (Å²) in [7, 11) is 0. The van der Waals surface area contributed by atoms with Crippen LogP contribution in [0.4, 0.5) is 29.7 Å². The molecule has 0 radical (unpaired) electrons. The van der Waals surface area contributed by atoms with Gasteiger partial charge in [0.15, 0.2) is 0 Å². The molecule has 0 amide bonds. The van der Waals surface area contributed by atoms with Gasteiger partial charge < -0.3 is 10.2 Å². The summed E-state index contributed by atoms with van der Waals surface area (Å²) in [5, 5.41) is 3.15. The molecule has 0 atom stereocenters. The van der Waals surface area contributed by atoms with E-state index in [1.165, 1.54) is 0 Å². The topological polar surface area (TPSA) is 58.1 Å². The molecule has 0 unspecified atom stereocenters. The van der Waals surface area contributed by atoms with Crippen LogP contribution in [-0.2, 0) is 16.4 Å². The molecule has 5 nitrogen and oxygen atoms in total. The first-order valence-corrected chi connectivity index (χ1v) is 11.5. The number of aromatic nitrogens is 2. The maximum Gasteiger partial charge on any atom is 0.452 e. The molecule has 1 heterocycles. The van der Waals surface area contributed by atoms with E-state index < -0.39 is 17.4 Å². The van der Waals surface area contributed by atoms with Crippen molar-refractivity contribution in [3.63, 3.8) is 0 Å². The van der Waals surface area contributed by atoms with Crippen molar-refractivity contribution >= 4 is 33.8 Å². The van der Waals surface area contributed by atoms with Crippen LogP contribution < -0.4 is 10.2 Å². The lowest BCUT2D eigenvalue weighted by Crippen LogP contribution is -2.32. The normalized spacial score (nSPS) is 12.5. The summed E-state index contributed by atoms with van der Waals surface area (Å²) in [6, 6.07) is 5.90. The minimum Gasteiger partial charge on any atom is -0.369 e. The minimum atomic E-state index is -4.59. The first-order chi connectivity index (χ1) is 14.7. The third kappa shape index (κ3) is 7.18. The Labute approximate surface area is 192 Å². The first-order valence-electron chi connectivity index (χ1n) is 10.8. The standard InChI is InChI=1S/C23H33F3N4OS/c1-14(2)12-30(13-15(3)4)19-9-8-17(22(6,7)11-16(5)31)10-18(19)27-21-28-20(29-32-21)23(24,25)26/h8-10,14-15H,11-13H2,1-7H3,(H,27,28,29). The summed E-state index contributed by atoms with van der Waals surface area (Å²) < 4.78 is 42.4. The zero-order valence-electron chi connectivity index (χ0n) is 19.8. The van der Waals surface area contributed by atoms with E-state index in [4.69, 9.17) is 0 Å². The largest absolute Gasteiger partial charge is 0.452 e. The highest BCUT2D eigenvalue weighted by Crippen LogP contribution is 2.37. The third-order valence-electron chi connectivity index (χ3n) is 4.90. The number of rotatable bonds is 10.